The van der Waals surface area contributed by atoms with Gasteiger partial charge in [0.1, 0.15) is 11.9 Å². The number of rotatable bonds is 4. The summed E-state index contributed by atoms with van der Waals surface area (Å²) in [7, 11) is 0. The molecule has 0 saturated heterocycles. The van der Waals surface area contributed by atoms with E-state index in [1.165, 1.54) is 36.1 Å². The normalized spacial score (nSPS) is 12.7. The van der Waals surface area contributed by atoms with E-state index in [9.17, 15) is 15.2 Å². The number of nitrogens with two attached hydrogens (primary N) is 1. The maximum Gasteiger partial charge on any atom is 0.269 e. The summed E-state index contributed by atoms with van der Waals surface area (Å²) in [6.07, 6.45) is 2.12. The molecule has 3 N–H and O–H groups in total. The number of benzene rings is 1. The van der Waals surface area contributed by atoms with E-state index in [4.69, 9.17) is 5.73 Å². The van der Waals surface area contributed by atoms with Crippen LogP contribution < -0.4 is 5.73 Å². The third-order valence-electron chi connectivity index (χ3n) is 2.62. The van der Waals surface area contributed by atoms with E-state index in [2.05, 4.69) is 10.1 Å². The lowest BCUT2D eigenvalue weighted by Gasteiger charge is -2.05. The average Bonchev–Trinajstić information content (AvgIpc) is 2.78. The van der Waals surface area contributed by atoms with Crippen LogP contribution in [0.15, 0.2) is 35.5 Å². The summed E-state index contributed by atoms with van der Waals surface area (Å²) in [5, 5.41) is 23.8. The van der Waals surface area contributed by atoms with Crippen LogP contribution in [0.4, 0.5) is 17.2 Å². The number of non-ortho nitro benzene ring substituents is 1. The molecular formula is C12H13N5O3. The molecule has 0 aliphatic rings. The molecule has 8 nitrogen and oxygen atoms in total. The molecule has 1 heterocycles. The monoisotopic (exact) mass is 275 g/mol. The molecule has 1 aromatic carbocycles. The van der Waals surface area contributed by atoms with E-state index in [-0.39, 0.29) is 11.5 Å². The van der Waals surface area contributed by atoms with Crippen LogP contribution in [0, 0.1) is 10.1 Å². The summed E-state index contributed by atoms with van der Waals surface area (Å²) >= 11 is 0. The fourth-order valence-corrected chi connectivity index (χ4v) is 1.59. The highest BCUT2D eigenvalue weighted by Gasteiger charge is 2.09. The van der Waals surface area contributed by atoms with Crippen LogP contribution >= 0.6 is 0 Å². The Bertz CT molecular complexity index is 646. The van der Waals surface area contributed by atoms with Crippen molar-refractivity contribution in [2.24, 2.45) is 4.99 Å². The van der Waals surface area contributed by atoms with Crippen LogP contribution in [-0.2, 0) is 0 Å². The van der Waals surface area contributed by atoms with Gasteiger partial charge in [-0.15, -0.1) is 0 Å². The van der Waals surface area contributed by atoms with Gasteiger partial charge in [-0.3, -0.25) is 15.1 Å². The second-order valence-electron chi connectivity index (χ2n) is 4.10. The Morgan fingerprint density at radius 3 is 2.65 bits per heavy atom. The maximum absolute atomic E-state index is 10.5. The molecule has 0 amide bonds. The summed E-state index contributed by atoms with van der Waals surface area (Å²) in [6, 6.07) is 5.95. The van der Waals surface area contributed by atoms with Crippen molar-refractivity contribution >= 4 is 23.4 Å². The summed E-state index contributed by atoms with van der Waals surface area (Å²) in [4.78, 5) is 14.2. The van der Waals surface area contributed by atoms with E-state index >= 15 is 0 Å². The number of aliphatic hydroxyl groups is 1. The zero-order valence-electron chi connectivity index (χ0n) is 10.7. The van der Waals surface area contributed by atoms with Crippen LogP contribution in [0.3, 0.4) is 0 Å². The Balaban J connectivity index is 2.19. The number of hydrogen-bond acceptors (Lipinski definition) is 6. The minimum Gasteiger partial charge on any atom is -0.382 e. The smallest absolute Gasteiger partial charge is 0.269 e. The number of nitro benzene ring substituents is 1. The Labute approximate surface area is 114 Å². The second-order valence-corrected chi connectivity index (χ2v) is 4.10. The molecule has 0 saturated carbocycles. The van der Waals surface area contributed by atoms with Crippen molar-refractivity contribution in [2.45, 2.75) is 13.2 Å². The molecule has 1 aromatic heterocycles. The first kappa shape index (κ1) is 13.7. The first-order valence-electron chi connectivity index (χ1n) is 5.78. The summed E-state index contributed by atoms with van der Waals surface area (Å²) in [5.74, 6) is 0.248. The number of hydrogen-bond donors (Lipinski definition) is 2. The Morgan fingerprint density at radius 2 is 2.15 bits per heavy atom. The van der Waals surface area contributed by atoms with Crippen molar-refractivity contribution in [3.05, 3.63) is 46.1 Å². The van der Waals surface area contributed by atoms with Gasteiger partial charge in [0, 0.05) is 18.3 Å². The Morgan fingerprint density at radius 1 is 1.50 bits per heavy atom. The molecule has 8 heteroatoms. The summed E-state index contributed by atoms with van der Waals surface area (Å²) in [6.45, 7) is 1.53. The molecule has 0 bridgehead atoms. The van der Waals surface area contributed by atoms with Gasteiger partial charge in [-0.2, -0.15) is 5.10 Å². The fraction of sp³-hybridized carbons (Fsp3) is 0.167. The van der Waals surface area contributed by atoms with Gasteiger partial charge in [-0.1, -0.05) is 0 Å². The SMILES string of the molecule is CC(O)n1ncc(N=Cc2ccc([N+](=O)[O-])cc2)c1N. The van der Waals surface area contributed by atoms with Gasteiger partial charge in [0.25, 0.3) is 5.69 Å². The number of aliphatic imine (C=N–C) groups is 1. The van der Waals surface area contributed by atoms with Crippen LogP contribution in [0.2, 0.25) is 0 Å². The van der Waals surface area contributed by atoms with Gasteiger partial charge in [0.05, 0.1) is 11.1 Å². The highest BCUT2D eigenvalue weighted by Crippen LogP contribution is 2.23. The van der Waals surface area contributed by atoms with Crippen LogP contribution in [-0.4, -0.2) is 26.0 Å². The van der Waals surface area contributed by atoms with Crippen molar-refractivity contribution in [3.63, 3.8) is 0 Å². The lowest BCUT2D eigenvalue weighted by atomic mass is 10.2. The Kier molecular flexibility index (Phi) is 3.76. The molecule has 1 unspecified atom stereocenters. The number of anilines is 1. The van der Waals surface area contributed by atoms with Crippen LogP contribution in [0.5, 0.6) is 0 Å². The second kappa shape index (κ2) is 5.49. The maximum atomic E-state index is 10.5. The average molecular weight is 275 g/mol. The fourth-order valence-electron chi connectivity index (χ4n) is 1.59. The van der Waals surface area contributed by atoms with E-state index in [0.717, 1.165) is 0 Å². The number of aliphatic hydroxyl groups excluding tert-OH is 1. The first-order chi connectivity index (χ1) is 9.49. The molecule has 0 spiro atoms. The highest BCUT2D eigenvalue weighted by atomic mass is 16.6. The van der Waals surface area contributed by atoms with Gasteiger partial charge in [0.2, 0.25) is 0 Å². The number of aromatic nitrogens is 2. The number of nitro groups is 1. The number of nitrogens with zero attached hydrogens (tertiary/aromatic N) is 4. The van der Waals surface area contributed by atoms with E-state index < -0.39 is 11.2 Å². The molecule has 20 heavy (non-hydrogen) atoms. The van der Waals surface area contributed by atoms with E-state index in [1.807, 2.05) is 0 Å². The van der Waals surface area contributed by atoms with Crippen LogP contribution in [0.1, 0.15) is 18.7 Å². The lowest BCUT2D eigenvalue weighted by Crippen LogP contribution is -2.08. The molecule has 2 aromatic rings. The largest absolute Gasteiger partial charge is 0.382 e. The minimum absolute atomic E-state index is 0.0172. The van der Waals surface area contributed by atoms with Crippen molar-refractivity contribution in [2.75, 3.05) is 5.73 Å². The molecule has 2 rings (SSSR count). The van der Waals surface area contributed by atoms with Crippen molar-refractivity contribution in [1.82, 2.24) is 9.78 Å². The Hall–Kier alpha value is -2.74. The van der Waals surface area contributed by atoms with E-state index in [1.54, 1.807) is 12.1 Å². The summed E-state index contributed by atoms with van der Waals surface area (Å²) < 4.78 is 1.24. The van der Waals surface area contributed by atoms with Crippen molar-refractivity contribution in [3.8, 4) is 0 Å². The molecule has 104 valence electrons. The molecular weight excluding hydrogens is 262 g/mol. The van der Waals surface area contributed by atoms with Crippen molar-refractivity contribution in [1.29, 1.82) is 0 Å². The van der Waals surface area contributed by atoms with Gasteiger partial charge in [-0.25, -0.2) is 4.68 Å². The van der Waals surface area contributed by atoms with Crippen molar-refractivity contribution < 1.29 is 10.0 Å². The molecule has 1 atom stereocenters. The van der Waals surface area contributed by atoms with Gasteiger partial charge < -0.3 is 10.8 Å². The molecule has 0 radical (unpaired) electrons. The molecule has 0 aliphatic carbocycles. The van der Waals surface area contributed by atoms with Crippen LogP contribution in [0.25, 0.3) is 0 Å². The standard InChI is InChI=1S/C12H13N5O3/c1-8(18)16-12(13)11(7-15-16)14-6-9-2-4-10(5-3-9)17(19)20/h2-8,18H,13H2,1H3. The first-order valence-corrected chi connectivity index (χ1v) is 5.78. The lowest BCUT2D eigenvalue weighted by molar-refractivity contribution is -0.384. The topological polar surface area (TPSA) is 120 Å². The van der Waals surface area contributed by atoms with Gasteiger partial charge >= 0.3 is 0 Å². The quantitative estimate of drug-likeness (QED) is 0.499. The van der Waals surface area contributed by atoms with Gasteiger partial charge in [-0.05, 0) is 24.6 Å². The minimum atomic E-state index is -0.835. The third kappa shape index (κ3) is 2.81. The zero-order valence-corrected chi connectivity index (χ0v) is 10.7. The molecule has 0 aliphatic heterocycles. The zero-order chi connectivity index (χ0) is 14.7. The van der Waals surface area contributed by atoms with Gasteiger partial charge in [0.15, 0.2) is 5.82 Å². The number of nitrogen functional groups attached to an aromatic ring is 1. The third-order valence-corrected chi connectivity index (χ3v) is 2.62. The summed E-state index contributed by atoms with van der Waals surface area (Å²) in [5.41, 5.74) is 6.90. The molecule has 0 fully saturated rings. The highest BCUT2D eigenvalue weighted by molar-refractivity contribution is 5.83. The van der Waals surface area contributed by atoms with E-state index in [0.29, 0.717) is 11.3 Å². The predicted octanol–water partition coefficient (Wildman–Crippen LogP) is 1.63. The predicted molar refractivity (Wildman–Crippen MR) is 73.9 cm³/mol.